The summed E-state index contributed by atoms with van der Waals surface area (Å²) in [5, 5.41) is 8.19. The van der Waals surface area contributed by atoms with Crippen LogP contribution in [0, 0.1) is 0 Å². The number of aliphatic carboxylic acids is 1. The molecule has 0 heterocycles. The molecule has 0 aliphatic carbocycles. The molecule has 0 radical (unpaired) electrons. The van der Waals surface area contributed by atoms with Gasteiger partial charge >= 0.3 is 5.97 Å². The molecule has 0 fully saturated rings. The first-order chi connectivity index (χ1) is 4.66. The van der Waals surface area contributed by atoms with Crippen LogP contribution in [0.2, 0.25) is 0 Å². The molecule has 0 unspecified atom stereocenters. The van der Waals surface area contributed by atoms with E-state index in [1.807, 2.05) is 0 Å². The lowest BCUT2D eigenvalue weighted by Gasteiger charge is -1.93. The summed E-state index contributed by atoms with van der Waals surface area (Å²) in [6.07, 6.45) is 0.103. The van der Waals surface area contributed by atoms with Crippen LogP contribution in [0.15, 0.2) is 9.90 Å². The van der Waals surface area contributed by atoms with Gasteiger partial charge in [-0.15, -0.1) is 11.8 Å². The van der Waals surface area contributed by atoms with E-state index in [1.165, 1.54) is 17.3 Å². The second kappa shape index (κ2) is 5.89. The molecule has 1 N–H and O–H groups in total. The predicted molar refractivity (Wildman–Crippen MR) is 44.5 cm³/mol. The minimum atomic E-state index is -0.827. The first-order valence-corrected chi connectivity index (χ1v) is 4.27. The van der Waals surface area contributed by atoms with E-state index in [-0.39, 0.29) is 6.42 Å². The smallest absolute Gasteiger partial charge is 0.304 e. The third kappa shape index (κ3) is 6.26. The molecule has 0 rings (SSSR count). The Bertz CT molecular complexity index is 147. The van der Waals surface area contributed by atoms with Crippen molar-refractivity contribution in [3.63, 3.8) is 0 Å². The Morgan fingerprint density at radius 1 is 1.70 bits per heavy atom. The van der Waals surface area contributed by atoms with Crippen molar-refractivity contribution in [3.05, 3.63) is 9.90 Å². The predicted octanol–water partition coefficient (Wildman–Crippen LogP) is 2.47. The highest BCUT2D eigenvalue weighted by Gasteiger charge is 1.97. The Morgan fingerprint density at radius 2 is 2.30 bits per heavy atom. The first-order valence-electron chi connectivity index (χ1n) is 2.47. The highest BCUT2D eigenvalue weighted by Crippen LogP contribution is 2.20. The zero-order chi connectivity index (χ0) is 7.98. The fourth-order valence-electron chi connectivity index (χ4n) is 0.267. The topological polar surface area (TPSA) is 37.3 Å². The van der Waals surface area contributed by atoms with Gasteiger partial charge in [0.15, 0.2) is 0 Å². The van der Waals surface area contributed by atoms with E-state index in [0.717, 1.165) is 0 Å². The number of carboxylic acid groups (broad SMARTS) is 1. The van der Waals surface area contributed by atoms with Crippen molar-refractivity contribution in [1.29, 1.82) is 0 Å². The summed E-state index contributed by atoms with van der Waals surface area (Å²) in [5.41, 5.74) is 1.22. The lowest BCUT2D eigenvalue weighted by Crippen LogP contribution is -1.95. The van der Waals surface area contributed by atoms with Gasteiger partial charge in [0.05, 0.1) is 10.8 Å². The normalized spacial score (nSPS) is 11.6. The van der Waals surface area contributed by atoms with Gasteiger partial charge in [-0.1, -0.05) is 23.2 Å². The third-order valence-electron chi connectivity index (χ3n) is 0.642. The Kier molecular flexibility index (Phi) is 5.97. The molecular formula is C5H6Cl2O2S. The molecule has 2 nitrogen and oxygen atoms in total. The maximum absolute atomic E-state index is 9.96. The summed E-state index contributed by atoms with van der Waals surface area (Å²) in [6, 6.07) is 0. The summed E-state index contributed by atoms with van der Waals surface area (Å²) in [6.45, 7) is 0. The number of halogens is 2. The monoisotopic (exact) mass is 200 g/mol. The summed E-state index contributed by atoms with van der Waals surface area (Å²) in [5.74, 6) is -0.372. The first kappa shape index (κ1) is 10.1. The van der Waals surface area contributed by atoms with Gasteiger partial charge in [-0.2, -0.15) is 0 Å². The van der Waals surface area contributed by atoms with Crippen molar-refractivity contribution in [3.8, 4) is 0 Å². The minimum absolute atomic E-state index is 0.103. The van der Waals surface area contributed by atoms with Gasteiger partial charge in [-0.3, -0.25) is 4.79 Å². The minimum Gasteiger partial charge on any atom is -0.481 e. The van der Waals surface area contributed by atoms with Crippen LogP contribution in [0.25, 0.3) is 0 Å². The molecule has 58 valence electrons. The van der Waals surface area contributed by atoms with Crippen molar-refractivity contribution in [2.75, 3.05) is 5.75 Å². The third-order valence-corrected chi connectivity index (χ3v) is 2.34. The zero-order valence-electron chi connectivity index (χ0n) is 5.01. The van der Waals surface area contributed by atoms with Crippen LogP contribution in [-0.4, -0.2) is 16.8 Å². The van der Waals surface area contributed by atoms with Gasteiger partial charge in [0.1, 0.15) is 0 Å². The summed E-state index contributed by atoms with van der Waals surface area (Å²) >= 11 is 11.9. The van der Waals surface area contributed by atoms with Crippen molar-refractivity contribution >= 4 is 40.9 Å². The molecule has 0 aromatic heterocycles. The van der Waals surface area contributed by atoms with E-state index in [1.54, 1.807) is 0 Å². The van der Waals surface area contributed by atoms with Crippen LogP contribution >= 0.6 is 35.0 Å². The number of hydrogen-bond donors (Lipinski definition) is 1. The average Bonchev–Trinajstić information content (AvgIpc) is 1.87. The molecule has 0 spiro atoms. The van der Waals surface area contributed by atoms with Crippen LogP contribution in [-0.2, 0) is 4.79 Å². The van der Waals surface area contributed by atoms with Crippen molar-refractivity contribution in [2.24, 2.45) is 0 Å². The van der Waals surface area contributed by atoms with E-state index in [2.05, 4.69) is 0 Å². The van der Waals surface area contributed by atoms with Crippen molar-refractivity contribution < 1.29 is 9.90 Å². The molecule has 0 bridgehead atoms. The highest BCUT2D eigenvalue weighted by molar-refractivity contribution is 8.04. The second-order valence-electron chi connectivity index (χ2n) is 1.41. The fraction of sp³-hybridized carbons (Fsp3) is 0.400. The Hall–Kier alpha value is 0.140. The van der Waals surface area contributed by atoms with Gasteiger partial charge in [0, 0.05) is 11.3 Å². The number of carboxylic acids is 1. The summed E-state index contributed by atoms with van der Waals surface area (Å²) < 4.78 is 0.419. The van der Waals surface area contributed by atoms with Gasteiger partial charge in [0.2, 0.25) is 0 Å². The van der Waals surface area contributed by atoms with Crippen LogP contribution in [0.5, 0.6) is 0 Å². The Morgan fingerprint density at radius 3 is 2.70 bits per heavy atom. The maximum Gasteiger partial charge on any atom is 0.304 e. The van der Waals surface area contributed by atoms with Crippen LogP contribution in [0.1, 0.15) is 6.42 Å². The number of hydrogen-bond acceptors (Lipinski definition) is 2. The summed E-state index contributed by atoms with van der Waals surface area (Å²) in [7, 11) is 0. The highest BCUT2D eigenvalue weighted by atomic mass is 35.5. The van der Waals surface area contributed by atoms with E-state index < -0.39 is 5.97 Å². The largest absolute Gasteiger partial charge is 0.481 e. The number of rotatable bonds is 4. The van der Waals surface area contributed by atoms with Crippen LogP contribution < -0.4 is 0 Å². The molecule has 5 heteroatoms. The number of thioether (sulfide) groups is 1. The second-order valence-corrected chi connectivity index (χ2v) is 3.39. The Balaban J connectivity index is 3.29. The molecule has 0 aliphatic rings. The van der Waals surface area contributed by atoms with Crippen LogP contribution in [0.4, 0.5) is 0 Å². The van der Waals surface area contributed by atoms with Gasteiger partial charge < -0.3 is 5.11 Å². The van der Waals surface area contributed by atoms with Crippen molar-refractivity contribution in [1.82, 2.24) is 0 Å². The molecule has 0 aromatic rings. The molecule has 0 amide bonds. The fourth-order valence-corrected chi connectivity index (χ4v) is 1.22. The molecule has 0 aromatic carbocycles. The van der Waals surface area contributed by atoms with E-state index >= 15 is 0 Å². The zero-order valence-corrected chi connectivity index (χ0v) is 7.34. The molecule has 0 aliphatic heterocycles. The lowest BCUT2D eigenvalue weighted by atomic mass is 10.5. The van der Waals surface area contributed by atoms with Crippen molar-refractivity contribution in [2.45, 2.75) is 6.42 Å². The van der Waals surface area contributed by atoms with Gasteiger partial charge in [0.25, 0.3) is 0 Å². The number of carbonyl (C=O) groups is 1. The van der Waals surface area contributed by atoms with E-state index in [0.29, 0.717) is 10.1 Å². The Labute approximate surface area is 73.2 Å². The SMILES string of the molecule is O=C(O)CCS/C(Cl)=C/Cl. The van der Waals surface area contributed by atoms with Gasteiger partial charge in [-0.25, -0.2) is 0 Å². The molecular weight excluding hydrogens is 195 g/mol. The van der Waals surface area contributed by atoms with Crippen LogP contribution in [0.3, 0.4) is 0 Å². The van der Waals surface area contributed by atoms with E-state index in [4.69, 9.17) is 28.3 Å². The molecule has 0 atom stereocenters. The standard InChI is InChI=1S/C5H6Cl2O2S/c6-3-4(7)10-2-1-5(8)9/h3H,1-2H2,(H,8,9)/b4-3+. The summed E-state index contributed by atoms with van der Waals surface area (Å²) in [4.78, 5) is 9.96. The quantitative estimate of drug-likeness (QED) is 0.758. The molecule has 0 saturated heterocycles. The molecule has 0 saturated carbocycles. The molecule has 10 heavy (non-hydrogen) atoms. The van der Waals surface area contributed by atoms with Gasteiger partial charge in [-0.05, 0) is 0 Å². The average molecular weight is 201 g/mol. The lowest BCUT2D eigenvalue weighted by molar-refractivity contribution is -0.136. The maximum atomic E-state index is 9.96. The van der Waals surface area contributed by atoms with E-state index in [9.17, 15) is 4.79 Å².